The molecule has 1 atom stereocenters. The van der Waals surface area contributed by atoms with E-state index in [0.717, 1.165) is 19.3 Å². The third kappa shape index (κ3) is 4.17. The first-order valence-electron chi connectivity index (χ1n) is 7.14. The number of hydrogen-bond acceptors (Lipinski definition) is 3. The average Bonchev–Trinajstić information content (AvgIpc) is 2.43. The van der Waals surface area contributed by atoms with Crippen molar-refractivity contribution in [2.75, 3.05) is 6.54 Å². The number of rotatable bonds is 4. The quantitative estimate of drug-likeness (QED) is 0.868. The minimum absolute atomic E-state index is 0.00500. The Bertz CT molecular complexity index is 527. The van der Waals surface area contributed by atoms with Crippen LogP contribution in [0.4, 0.5) is 0 Å². The molecule has 1 aliphatic rings. The molecule has 1 aliphatic heterocycles. The summed E-state index contributed by atoms with van der Waals surface area (Å²) in [5.41, 5.74) is 1.22. The fraction of sp³-hybridized carbons (Fsp3) is 0.533. The molecule has 2 rings (SSSR count). The fourth-order valence-corrected chi connectivity index (χ4v) is 3.03. The van der Waals surface area contributed by atoms with E-state index in [4.69, 9.17) is 16.7 Å². The lowest BCUT2D eigenvalue weighted by Gasteiger charge is -2.35. The predicted octanol–water partition coefficient (Wildman–Crippen LogP) is 2.90. The maximum atomic E-state index is 12.7. The number of likely N-dealkylation sites (tertiary alicyclic amines) is 1. The zero-order valence-electron chi connectivity index (χ0n) is 12.0. The number of nitrogens with zero attached hydrogens (tertiary/aromatic N) is 2. The fourth-order valence-electron chi connectivity index (χ4n) is 2.78. The number of carbonyl (C=O) groups is 2. The van der Waals surface area contributed by atoms with Gasteiger partial charge in [0.2, 0.25) is 0 Å². The van der Waals surface area contributed by atoms with Crippen LogP contribution in [0, 0.1) is 6.92 Å². The Labute approximate surface area is 128 Å². The van der Waals surface area contributed by atoms with Crippen LogP contribution in [-0.4, -0.2) is 39.5 Å². The minimum atomic E-state index is -0.823. The number of carboxylic acid groups (broad SMARTS) is 1. The van der Waals surface area contributed by atoms with Gasteiger partial charge in [0.25, 0.3) is 5.91 Å². The molecule has 21 heavy (non-hydrogen) atoms. The molecule has 0 saturated carbocycles. The Morgan fingerprint density at radius 3 is 2.86 bits per heavy atom. The Morgan fingerprint density at radius 2 is 2.19 bits per heavy atom. The minimum Gasteiger partial charge on any atom is -0.481 e. The molecule has 1 amide bonds. The number of carbonyl (C=O) groups excluding carboxylic acids is 1. The van der Waals surface area contributed by atoms with Gasteiger partial charge < -0.3 is 10.0 Å². The van der Waals surface area contributed by atoms with Crippen LogP contribution in [-0.2, 0) is 4.79 Å². The molecule has 1 fully saturated rings. The maximum absolute atomic E-state index is 12.7. The van der Waals surface area contributed by atoms with Crippen molar-refractivity contribution in [2.45, 2.75) is 45.1 Å². The predicted molar refractivity (Wildman–Crippen MR) is 79.5 cm³/mol. The largest absolute Gasteiger partial charge is 0.481 e. The Morgan fingerprint density at radius 1 is 1.43 bits per heavy atom. The maximum Gasteiger partial charge on any atom is 0.303 e. The average molecular weight is 311 g/mol. The van der Waals surface area contributed by atoms with Gasteiger partial charge in [-0.25, -0.2) is 4.98 Å². The first-order valence-corrected chi connectivity index (χ1v) is 7.52. The number of aromatic nitrogens is 1. The summed E-state index contributed by atoms with van der Waals surface area (Å²) >= 11 is 5.91. The smallest absolute Gasteiger partial charge is 0.303 e. The van der Waals surface area contributed by atoms with Crippen LogP contribution in [0.1, 0.15) is 48.2 Å². The summed E-state index contributed by atoms with van der Waals surface area (Å²) in [6.45, 7) is 2.46. The summed E-state index contributed by atoms with van der Waals surface area (Å²) < 4.78 is 0. The second-order valence-electron chi connectivity index (χ2n) is 5.40. The Hall–Kier alpha value is -1.62. The van der Waals surface area contributed by atoms with E-state index in [1.54, 1.807) is 24.0 Å². The first-order chi connectivity index (χ1) is 9.97. The standard InChI is InChI=1S/C15H19ClN2O3/c1-10-8-11(9-13(16)17-10)15(21)18-7-3-2-4-12(18)5-6-14(19)20/h8-9,12H,2-7H2,1H3,(H,19,20). The molecule has 6 heteroatoms. The highest BCUT2D eigenvalue weighted by Gasteiger charge is 2.28. The van der Waals surface area contributed by atoms with Crippen LogP contribution >= 0.6 is 11.6 Å². The molecule has 0 bridgehead atoms. The normalized spacial score (nSPS) is 18.6. The summed E-state index contributed by atoms with van der Waals surface area (Å²) in [4.78, 5) is 29.2. The van der Waals surface area contributed by atoms with Crippen molar-refractivity contribution >= 4 is 23.5 Å². The van der Waals surface area contributed by atoms with Crippen molar-refractivity contribution in [1.82, 2.24) is 9.88 Å². The Kier molecular flexibility index (Phi) is 5.17. The second-order valence-corrected chi connectivity index (χ2v) is 5.79. The van der Waals surface area contributed by atoms with Crippen LogP contribution < -0.4 is 0 Å². The van der Waals surface area contributed by atoms with Gasteiger partial charge in [-0.15, -0.1) is 0 Å². The van der Waals surface area contributed by atoms with Crippen molar-refractivity contribution in [3.05, 3.63) is 28.5 Å². The molecule has 114 valence electrons. The van der Waals surface area contributed by atoms with E-state index in [2.05, 4.69) is 4.98 Å². The molecular weight excluding hydrogens is 292 g/mol. The topological polar surface area (TPSA) is 70.5 Å². The van der Waals surface area contributed by atoms with Crippen molar-refractivity contribution in [1.29, 1.82) is 0 Å². The van der Waals surface area contributed by atoms with Gasteiger partial charge in [-0.05, 0) is 44.7 Å². The first kappa shape index (κ1) is 15.8. The van der Waals surface area contributed by atoms with Gasteiger partial charge in [0.05, 0.1) is 0 Å². The lowest BCUT2D eigenvalue weighted by Crippen LogP contribution is -2.44. The molecule has 0 aliphatic carbocycles. The van der Waals surface area contributed by atoms with Gasteiger partial charge >= 0.3 is 5.97 Å². The summed E-state index contributed by atoms with van der Waals surface area (Å²) in [6, 6.07) is 3.28. The van der Waals surface area contributed by atoms with Gasteiger partial charge in [-0.2, -0.15) is 0 Å². The lowest BCUT2D eigenvalue weighted by atomic mass is 9.97. The zero-order chi connectivity index (χ0) is 15.4. The molecule has 0 aromatic carbocycles. The van der Waals surface area contributed by atoms with Gasteiger partial charge in [0, 0.05) is 30.3 Å². The number of carboxylic acids is 1. The van der Waals surface area contributed by atoms with E-state index in [-0.39, 0.29) is 18.4 Å². The number of aryl methyl sites for hydroxylation is 1. The lowest BCUT2D eigenvalue weighted by molar-refractivity contribution is -0.137. The SMILES string of the molecule is Cc1cc(C(=O)N2CCCCC2CCC(=O)O)cc(Cl)n1. The van der Waals surface area contributed by atoms with E-state index in [9.17, 15) is 9.59 Å². The van der Waals surface area contributed by atoms with Crippen molar-refractivity contribution in [2.24, 2.45) is 0 Å². The summed E-state index contributed by atoms with van der Waals surface area (Å²) in [5.74, 6) is -0.909. The number of pyridine rings is 1. The van der Waals surface area contributed by atoms with Crippen LogP contribution in [0.25, 0.3) is 0 Å². The molecule has 0 radical (unpaired) electrons. The monoisotopic (exact) mass is 310 g/mol. The summed E-state index contributed by atoms with van der Waals surface area (Å²) in [6.07, 6.45) is 3.43. The highest BCUT2D eigenvalue weighted by atomic mass is 35.5. The molecule has 0 spiro atoms. The van der Waals surface area contributed by atoms with Gasteiger partial charge in [-0.3, -0.25) is 9.59 Å². The van der Waals surface area contributed by atoms with Crippen molar-refractivity contribution in [3.63, 3.8) is 0 Å². The van der Waals surface area contributed by atoms with E-state index in [0.29, 0.717) is 29.4 Å². The van der Waals surface area contributed by atoms with E-state index >= 15 is 0 Å². The number of aliphatic carboxylic acids is 1. The molecule has 1 aromatic rings. The van der Waals surface area contributed by atoms with Crippen LogP contribution in [0.5, 0.6) is 0 Å². The molecule has 1 N–H and O–H groups in total. The highest BCUT2D eigenvalue weighted by molar-refractivity contribution is 6.29. The van der Waals surface area contributed by atoms with Crippen molar-refractivity contribution < 1.29 is 14.7 Å². The van der Waals surface area contributed by atoms with Crippen molar-refractivity contribution in [3.8, 4) is 0 Å². The third-order valence-electron chi connectivity index (χ3n) is 3.75. The molecule has 1 aromatic heterocycles. The highest BCUT2D eigenvalue weighted by Crippen LogP contribution is 2.24. The van der Waals surface area contributed by atoms with Gasteiger partial charge in [0.15, 0.2) is 0 Å². The number of amides is 1. The van der Waals surface area contributed by atoms with Crippen LogP contribution in [0.15, 0.2) is 12.1 Å². The van der Waals surface area contributed by atoms with E-state index < -0.39 is 5.97 Å². The van der Waals surface area contributed by atoms with Crippen LogP contribution in [0.2, 0.25) is 5.15 Å². The molecule has 1 saturated heterocycles. The zero-order valence-corrected chi connectivity index (χ0v) is 12.8. The van der Waals surface area contributed by atoms with E-state index in [1.165, 1.54) is 0 Å². The summed E-state index contributed by atoms with van der Waals surface area (Å²) in [7, 11) is 0. The van der Waals surface area contributed by atoms with Crippen LogP contribution in [0.3, 0.4) is 0 Å². The molecule has 1 unspecified atom stereocenters. The molecule has 5 nitrogen and oxygen atoms in total. The molecular formula is C15H19ClN2O3. The number of hydrogen-bond donors (Lipinski definition) is 1. The Balaban J connectivity index is 2.15. The van der Waals surface area contributed by atoms with Gasteiger partial charge in [0.1, 0.15) is 5.15 Å². The second kappa shape index (κ2) is 6.89. The number of piperidine rings is 1. The number of halogens is 1. The van der Waals surface area contributed by atoms with E-state index in [1.807, 2.05) is 0 Å². The van der Waals surface area contributed by atoms with Gasteiger partial charge in [-0.1, -0.05) is 11.6 Å². The summed E-state index contributed by atoms with van der Waals surface area (Å²) in [5, 5.41) is 9.13. The molecule has 2 heterocycles. The third-order valence-corrected chi connectivity index (χ3v) is 3.94.